The predicted molar refractivity (Wildman–Crippen MR) is 59.1 cm³/mol. The number of Topliss-reactive ketones (excluding diaryl/α,β-unsaturated/α-hetero) is 1. The van der Waals surface area contributed by atoms with Crippen molar-refractivity contribution in [2.75, 3.05) is 6.61 Å². The Kier molecular flexibility index (Phi) is 3.67. The van der Waals surface area contributed by atoms with E-state index in [0.717, 1.165) is 0 Å². The molecule has 88 valence electrons. The number of hydrogen-bond donors (Lipinski definition) is 0. The first-order valence-electron chi connectivity index (χ1n) is 5.14. The number of halogens is 1. The van der Waals surface area contributed by atoms with E-state index in [1.54, 1.807) is 18.2 Å². The Labute approximate surface area is 97.8 Å². The molecule has 0 radical (unpaired) electrons. The second-order valence-electron chi connectivity index (χ2n) is 3.51. The van der Waals surface area contributed by atoms with Crippen molar-refractivity contribution in [3.05, 3.63) is 59.8 Å². The van der Waals surface area contributed by atoms with E-state index in [4.69, 9.17) is 9.15 Å². The Morgan fingerprint density at radius 3 is 2.88 bits per heavy atom. The maximum atomic E-state index is 12.9. The Bertz CT molecular complexity index is 491. The fourth-order valence-electron chi connectivity index (χ4n) is 1.38. The standard InChI is InChI=1S/C13H11FO3/c14-11-4-1-3-10(7-11)13(15)9-16-8-12-5-2-6-17-12/h1-7H,8-9H2. The maximum absolute atomic E-state index is 12.9. The smallest absolute Gasteiger partial charge is 0.188 e. The molecule has 0 atom stereocenters. The van der Waals surface area contributed by atoms with Gasteiger partial charge < -0.3 is 9.15 Å². The van der Waals surface area contributed by atoms with Crippen LogP contribution in [0.1, 0.15) is 16.1 Å². The molecule has 0 spiro atoms. The second-order valence-corrected chi connectivity index (χ2v) is 3.51. The van der Waals surface area contributed by atoms with Crippen molar-refractivity contribution in [2.45, 2.75) is 6.61 Å². The molecule has 3 nitrogen and oxygen atoms in total. The molecule has 2 rings (SSSR count). The van der Waals surface area contributed by atoms with Crippen molar-refractivity contribution in [1.29, 1.82) is 0 Å². The summed E-state index contributed by atoms with van der Waals surface area (Å²) in [7, 11) is 0. The summed E-state index contributed by atoms with van der Waals surface area (Å²) in [5.41, 5.74) is 0.310. The van der Waals surface area contributed by atoms with Gasteiger partial charge in [-0.2, -0.15) is 0 Å². The average Bonchev–Trinajstić information content (AvgIpc) is 2.82. The highest BCUT2D eigenvalue weighted by atomic mass is 19.1. The van der Waals surface area contributed by atoms with Gasteiger partial charge in [-0.25, -0.2) is 4.39 Å². The van der Waals surface area contributed by atoms with Crippen molar-refractivity contribution >= 4 is 5.78 Å². The van der Waals surface area contributed by atoms with Crippen LogP contribution in [0.5, 0.6) is 0 Å². The fraction of sp³-hybridized carbons (Fsp3) is 0.154. The van der Waals surface area contributed by atoms with Crippen LogP contribution in [0, 0.1) is 5.82 Å². The third kappa shape index (κ3) is 3.26. The van der Waals surface area contributed by atoms with Crippen molar-refractivity contribution < 1.29 is 18.3 Å². The lowest BCUT2D eigenvalue weighted by atomic mass is 10.1. The van der Waals surface area contributed by atoms with Crippen molar-refractivity contribution in [3.63, 3.8) is 0 Å². The predicted octanol–water partition coefficient (Wildman–Crippen LogP) is 2.82. The van der Waals surface area contributed by atoms with E-state index in [2.05, 4.69) is 0 Å². The largest absolute Gasteiger partial charge is 0.467 e. The van der Waals surface area contributed by atoms with Crippen LogP contribution in [0.4, 0.5) is 4.39 Å². The van der Waals surface area contributed by atoms with Crippen molar-refractivity contribution in [2.24, 2.45) is 0 Å². The summed E-state index contributed by atoms with van der Waals surface area (Å²) >= 11 is 0. The molecule has 1 aromatic carbocycles. The molecule has 1 aromatic heterocycles. The fourth-order valence-corrected chi connectivity index (χ4v) is 1.38. The minimum Gasteiger partial charge on any atom is -0.467 e. The topological polar surface area (TPSA) is 39.4 Å². The molecule has 0 aliphatic heterocycles. The van der Waals surface area contributed by atoms with Gasteiger partial charge in [-0.15, -0.1) is 0 Å². The van der Waals surface area contributed by atoms with Crippen LogP contribution in [-0.4, -0.2) is 12.4 Å². The summed E-state index contributed by atoms with van der Waals surface area (Å²) in [4.78, 5) is 11.6. The molecule has 0 fully saturated rings. The third-order valence-electron chi connectivity index (χ3n) is 2.20. The van der Waals surface area contributed by atoms with E-state index in [-0.39, 0.29) is 19.0 Å². The number of carbonyl (C=O) groups excluding carboxylic acids is 1. The van der Waals surface area contributed by atoms with E-state index < -0.39 is 5.82 Å². The second kappa shape index (κ2) is 5.41. The summed E-state index contributed by atoms with van der Waals surface area (Å²) < 4.78 is 23.1. The number of benzene rings is 1. The molecule has 0 saturated heterocycles. The van der Waals surface area contributed by atoms with Crippen molar-refractivity contribution in [1.82, 2.24) is 0 Å². The Morgan fingerprint density at radius 2 is 2.18 bits per heavy atom. The average molecular weight is 234 g/mol. The summed E-state index contributed by atoms with van der Waals surface area (Å²) in [5, 5.41) is 0. The monoisotopic (exact) mass is 234 g/mol. The van der Waals surface area contributed by atoms with Gasteiger partial charge in [0, 0.05) is 5.56 Å². The minimum absolute atomic E-state index is 0.0931. The van der Waals surface area contributed by atoms with Gasteiger partial charge in [0.2, 0.25) is 0 Å². The van der Waals surface area contributed by atoms with E-state index in [9.17, 15) is 9.18 Å². The van der Waals surface area contributed by atoms with Crippen LogP contribution in [0.25, 0.3) is 0 Å². The lowest BCUT2D eigenvalue weighted by Crippen LogP contribution is -2.09. The van der Waals surface area contributed by atoms with Gasteiger partial charge in [0.25, 0.3) is 0 Å². The van der Waals surface area contributed by atoms with E-state index in [0.29, 0.717) is 11.3 Å². The van der Waals surface area contributed by atoms with Crippen LogP contribution in [0.15, 0.2) is 47.1 Å². The highest BCUT2D eigenvalue weighted by Gasteiger charge is 2.07. The number of furan rings is 1. The molecule has 0 N–H and O–H groups in total. The summed E-state index contributed by atoms with van der Waals surface area (Å²) in [6.07, 6.45) is 1.53. The molecule has 4 heteroatoms. The Balaban J connectivity index is 1.85. The van der Waals surface area contributed by atoms with E-state index in [1.165, 1.54) is 24.5 Å². The molecule has 0 aliphatic rings. The Morgan fingerprint density at radius 1 is 1.29 bits per heavy atom. The van der Waals surface area contributed by atoms with Crippen LogP contribution in [0.3, 0.4) is 0 Å². The van der Waals surface area contributed by atoms with Gasteiger partial charge in [-0.05, 0) is 24.3 Å². The lowest BCUT2D eigenvalue weighted by molar-refractivity contribution is 0.0691. The number of ketones is 1. The van der Waals surface area contributed by atoms with Gasteiger partial charge in [0.1, 0.15) is 24.8 Å². The third-order valence-corrected chi connectivity index (χ3v) is 2.20. The van der Waals surface area contributed by atoms with Gasteiger partial charge >= 0.3 is 0 Å². The molecule has 0 amide bonds. The SMILES string of the molecule is O=C(COCc1ccco1)c1cccc(F)c1. The number of ether oxygens (including phenoxy) is 1. The van der Waals surface area contributed by atoms with Crippen LogP contribution in [0.2, 0.25) is 0 Å². The van der Waals surface area contributed by atoms with Gasteiger partial charge in [-0.1, -0.05) is 12.1 Å². The highest BCUT2D eigenvalue weighted by Crippen LogP contribution is 2.06. The lowest BCUT2D eigenvalue weighted by Gasteiger charge is -2.02. The Hall–Kier alpha value is -1.94. The number of hydrogen-bond acceptors (Lipinski definition) is 3. The first-order chi connectivity index (χ1) is 8.25. The molecule has 0 aliphatic carbocycles. The molecule has 1 heterocycles. The highest BCUT2D eigenvalue weighted by molar-refractivity contribution is 5.97. The minimum atomic E-state index is -0.429. The normalized spacial score (nSPS) is 10.4. The van der Waals surface area contributed by atoms with E-state index >= 15 is 0 Å². The summed E-state index contributed by atoms with van der Waals surface area (Å²) in [6, 6.07) is 9.04. The van der Waals surface area contributed by atoms with Crippen LogP contribution < -0.4 is 0 Å². The molecule has 0 bridgehead atoms. The van der Waals surface area contributed by atoms with Gasteiger partial charge in [0.15, 0.2) is 5.78 Å². The molecule has 0 unspecified atom stereocenters. The number of rotatable bonds is 5. The van der Waals surface area contributed by atoms with Gasteiger partial charge in [-0.3, -0.25) is 4.79 Å². The van der Waals surface area contributed by atoms with Crippen molar-refractivity contribution in [3.8, 4) is 0 Å². The molecular weight excluding hydrogens is 223 g/mol. The summed E-state index contributed by atoms with van der Waals surface area (Å²) in [6.45, 7) is 0.137. The zero-order chi connectivity index (χ0) is 12.1. The van der Waals surface area contributed by atoms with Crippen LogP contribution >= 0.6 is 0 Å². The first kappa shape index (κ1) is 11.5. The van der Waals surface area contributed by atoms with Crippen LogP contribution in [-0.2, 0) is 11.3 Å². The van der Waals surface area contributed by atoms with Gasteiger partial charge in [0.05, 0.1) is 6.26 Å². The zero-order valence-electron chi connectivity index (χ0n) is 9.06. The molecule has 0 saturated carbocycles. The molecular formula is C13H11FO3. The molecule has 2 aromatic rings. The van der Waals surface area contributed by atoms with E-state index in [1.807, 2.05) is 0 Å². The maximum Gasteiger partial charge on any atom is 0.188 e. The zero-order valence-corrected chi connectivity index (χ0v) is 9.06. The molecule has 17 heavy (non-hydrogen) atoms. The summed E-state index contributed by atoms with van der Waals surface area (Å²) in [5.74, 6) is -0.0324. The number of carbonyl (C=O) groups is 1. The first-order valence-corrected chi connectivity index (χ1v) is 5.14. The quantitative estimate of drug-likeness (QED) is 0.747.